The number of nitrogen functional groups attached to an aromatic ring is 1. The van der Waals surface area contributed by atoms with Crippen molar-refractivity contribution in [3.63, 3.8) is 0 Å². The lowest BCUT2D eigenvalue weighted by molar-refractivity contribution is 0.597. The van der Waals surface area contributed by atoms with Crippen LogP contribution in [-0.4, -0.2) is 33.0 Å². The number of benzene rings is 1. The molecule has 1 aromatic rings. The van der Waals surface area contributed by atoms with Crippen LogP contribution >= 0.6 is 0 Å². The molecule has 0 unspecified atom stereocenters. The minimum Gasteiger partial charge on any atom is -0.397 e. The van der Waals surface area contributed by atoms with Crippen molar-refractivity contribution in [2.45, 2.75) is 13.3 Å². The second kappa shape index (κ2) is 4.56. The largest absolute Gasteiger partial charge is 0.397 e. The van der Waals surface area contributed by atoms with Gasteiger partial charge in [0.15, 0.2) is 9.84 Å². The van der Waals surface area contributed by atoms with E-state index in [1.54, 1.807) is 0 Å². The van der Waals surface area contributed by atoms with Crippen molar-refractivity contribution in [2.75, 3.05) is 35.2 Å². The number of nitrogens with zero attached hydrogens (tertiary/aromatic N) is 1. The Bertz CT molecular complexity index is 511. The fourth-order valence-corrected chi connectivity index (χ4v) is 3.41. The molecule has 0 atom stereocenters. The van der Waals surface area contributed by atoms with Gasteiger partial charge in [0.25, 0.3) is 0 Å². The average molecular weight is 254 g/mol. The van der Waals surface area contributed by atoms with Crippen LogP contribution in [0.4, 0.5) is 11.4 Å². The fraction of sp³-hybridized carbons (Fsp3) is 0.500. The molecule has 2 rings (SSSR count). The molecule has 0 aromatic heterocycles. The van der Waals surface area contributed by atoms with Gasteiger partial charge in [-0.25, -0.2) is 8.42 Å². The molecule has 0 spiro atoms. The molecule has 0 amide bonds. The minimum atomic E-state index is -2.86. The van der Waals surface area contributed by atoms with E-state index < -0.39 is 9.84 Å². The normalized spacial score (nSPS) is 19.9. The molecule has 1 aliphatic heterocycles. The van der Waals surface area contributed by atoms with E-state index in [-0.39, 0.29) is 11.5 Å². The smallest absolute Gasteiger partial charge is 0.152 e. The van der Waals surface area contributed by atoms with Gasteiger partial charge in [0.1, 0.15) is 0 Å². The zero-order valence-corrected chi connectivity index (χ0v) is 10.8. The van der Waals surface area contributed by atoms with Gasteiger partial charge >= 0.3 is 0 Å². The summed E-state index contributed by atoms with van der Waals surface area (Å²) in [5.41, 5.74) is 8.78. The van der Waals surface area contributed by atoms with Crippen LogP contribution in [0.3, 0.4) is 0 Å². The number of rotatable bonds is 1. The Balaban J connectivity index is 2.23. The second-order valence-corrected chi connectivity index (χ2v) is 6.86. The molecule has 0 radical (unpaired) electrons. The summed E-state index contributed by atoms with van der Waals surface area (Å²) in [5, 5.41) is 0. The van der Waals surface area contributed by atoms with Crippen LogP contribution in [0.5, 0.6) is 0 Å². The van der Waals surface area contributed by atoms with E-state index in [2.05, 4.69) is 4.90 Å². The summed E-state index contributed by atoms with van der Waals surface area (Å²) in [6.45, 7) is 3.29. The second-order valence-electron chi connectivity index (χ2n) is 4.55. The lowest BCUT2D eigenvalue weighted by Gasteiger charge is -2.23. The SMILES string of the molecule is Cc1ccc(N2CCCS(=O)(=O)CC2)c(N)c1. The van der Waals surface area contributed by atoms with E-state index in [0.717, 1.165) is 23.5 Å². The summed E-state index contributed by atoms with van der Waals surface area (Å²) in [6, 6.07) is 5.91. The van der Waals surface area contributed by atoms with Gasteiger partial charge in [0.2, 0.25) is 0 Å². The molecule has 0 aliphatic carbocycles. The highest BCUT2D eigenvalue weighted by molar-refractivity contribution is 7.91. The summed E-state index contributed by atoms with van der Waals surface area (Å²) in [4.78, 5) is 2.07. The Hall–Kier alpha value is -1.23. The van der Waals surface area contributed by atoms with Crippen LogP contribution < -0.4 is 10.6 Å². The first-order valence-electron chi connectivity index (χ1n) is 5.79. The quantitative estimate of drug-likeness (QED) is 0.765. The number of anilines is 2. The molecule has 0 saturated carbocycles. The van der Waals surface area contributed by atoms with Gasteiger partial charge in [-0.3, -0.25) is 0 Å². The highest BCUT2D eigenvalue weighted by Gasteiger charge is 2.20. The van der Waals surface area contributed by atoms with Crippen molar-refractivity contribution in [1.29, 1.82) is 0 Å². The van der Waals surface area contributed by atoms with E-state index in [1.807, 2.05) is 25.1 Å². The molecule has 4 nitrogen and oxygen atoms in total. The van der Waals surface area contributed by atoms with Crippen LogP contribution in [-0.2, 0) is 9.84 Å². The maximum absolute atomic E-state index is 11.5. The molecule has 17 heavy (non-hydrogen) atoms. The zero-order chi connectivity index (χ0) is 12.5. The first kappa shape index (κ1) is 12.2. The molecule has 94 valence electrons. The van der Waals surface area contributed by atoms with Crippen LogP contribution in [0.1, 0.15) is 12.0 Å². The van der Waals surface area contributed by atoms with Gasteiger partial charge in [-0.2, -0.15) is 0 Å². The zero-order valence-electron chi connectivity index (χ0n) is 10.0. The van der Waals surface area contributed by atoms with Crippen LogP contribution in [0.2, 0.25) is 0 Å². The first-order chi connectivity index (χ1) is 7.98. The first-order valence-corrected chi connectivity index (χ1v) is 7.61. The van der Waals surface area contributed by atoms with E-state index >= 15 is 0 Å². The third-order valence-electron chi connectivity index (χ3n) is 3.08. The molecular weight excluding hydrogens is 236 g/mol. The Morgan fingerprint density at radius 3 is 2.71 bits per heavy atom. The van der Waals surface area contributed by atoms with Gasteiger partial charge in [-0.15, -0.1) is 0 Å². The van der Waals surface area contributed by atoms with Gasteiger partial charge in [0.05, 0.1) is 22.9 Å². The lowest BCUT2D eigenvalue weighted by Crippen LogP contribution is -2.27. The van der Waals surface area contributed by atoms with Gasteiger partial charge < -0.3 is 10.6 Å². The maximum atomic E-state index is 11.5. The molecule has 1 heterocycles. The lowest BCUT2D eigenvalue weighted by atomic mass is 10.1. The molecule has 1 saturated heterocycles. The number of hydrogen-bond acceptors (Lipinski definition) is 4. The molecule has 2 N–H and O–H groups in total. The van der Waals surface area contributed by atoms with Crippen LogP contribution in [0.15, 0.2) is 18.2 Å². The van der Waals surface area contributed by atoms with Crippen LogP contribution in [0, 0.1) is 6.92 Å². The van der Waals surface area contributed by atoms with Crippen LogP contribution in [0.25, 0.3) is 0 Å². The molecule has 1 fully saturated rings. The number of sulfone groups is 1. The van der Waals surface area contributed by atoms with Gasteiger partial charge in [-0.1, -0.05) is 6.07 Å². The summed E-state index contributed by atoms with van der Waals surface area (Å²) in [5.74, 6) is 0.510. The highest BCUT2D eigenvalue weighted by Crippen LogP contribution is 2.25. The van der Waals surface area contributed by atoms with Crippen molar-refractivity contribution in [1.82, 2.24) is 0 Å². The molecular formula is C12H18N2O2S. The van der Waals surface area contributed by atoms with Crippen molar-refractivity contribution in [3.05, 3.63) is 23.8 Å². The molecule has 1 aliphatic rings. The molecule has 5 heteroatoms. The van der Waals surface area contributed by atoms with E-state index in [4.69, 9.17) is 5.73 Å². The minimum absolute atomic E-state index is 0.223. The fourth-order valence-electron chi connectivity index (χ4n) is 2.14. The Labute approximate surface area is 102 Å². The highest BCUT2D eigenvalue weighted by atomic mass is 32.2. The third kappa shape index (κ3) is 2.91. The number of nitrogens with two attached hydrogens (primary N) is 1. The third-order valence-corrected chi connectivity index (χ3v) is 4.79. The van der Waals surface area contributed by atoms with Crippen molar-refractivity contribution < 1.29 is 8.42 Å². The number of hydrogen-bond donors (Lipinski definition) is 1. The summed E-state index contributed by atoms with van der Waals surface area (Å²) in [7, 11) is -2.86. The van der Waals surface area contributed by atoms with E-state index in [1.165, 1.54) is 0 Å². The standard InChI is InChI=1S/C12H18N2O2S/c1-10-3-4-12(11(13)9-10)14-5-2-7-17(15,16)8-6-14/h3-4,9H,2,5-8,13H2,1H3. The van der Waals surface area contributed by atoms with E-state index in [9.17, 15) is 8.42 Å². The predicted molar refractivity (Wildman–Crippen MR) is 71.1 cm³/mol. The Morgan fingerprint density at radius 1 is 1.24 bits per heavy atom. The average Bonchev–Trinajstić information content (AvgIpc) is 2.40. The predicted octanol–water partition coefficient (Wildman–Crippen LogP) is 1.20. The summed E-state index contributed by atoms with van der Waals surface area (Å²) >= 11 is 0. The van der Waals surface area contributed by atoms with Gasteiger partial charge in [0, 0.05) is 13.1 Å². The summed E-state index contributed by atoms with van der Waals surface area (Å²) in [6.07, 6.45) is 0.676. The Morgan fingerprint density at radius 2 is 2.00 bits per heavy atom. The summed E-state index contributed by atoms with van der Waals surface area (Å²) < 4.78 is 23.1. The number of aryl methyl sites for hydroxylation is 1. The monoisotopic (exact) mass is 254 g/mol. The molecule has 0 bridgehead atoms. The van der Waals surface area contributed by atoms with E-state index in [0.29, 0.717) is 13.0 Å². The Kier molecular flexibility index (Phi) is 3.28. The topological polar surface area (TPSA) is 63.4 Å². The van der Waals surface area contributed by atoms with Crippen molar-refractivity contribution >= 4 is 21.2 Å². The molecule has 1 aromatic carbocycles. The van der Waals surface area contributed by atoms with Gasteiger partial charge in [-0.05, 0) is 31.0 Å². The van der Waals surface area contributed by atoms with Crippen molar-refractivity contribution in [2.24, 2.45) is 0 Å². The maximum Gasteiger partial charge on any atom is 0.152 e. The van der Waals surface area contributed by atoms with Crippen molar-refractivity contribution in [3.8, 4) is 0 Å².